The molecule has 0 unspecified atom stereocenters. The predicted molar refractivity (Wildman–Crippen MR) is 89.9 cm³/mol. The van der Waals surface area contributed by atoms with Crippen LogP contribution in [0, 0.1) is 11.6 Å². The second kappa shape index (κ2) is 8.61. The summed E-state index contributed by atoms with van der Waals surface area (Å²) in [4.78, 5) is 19.8. The van der Waals surface area contributed by atoms with Crippen LogP contribution in [0.2, 0.25) is 0 Å². The molecule has 0 radical (unpaired) electrons. The fourth-order valence-electron chi connectivity index (χ4n) is 2.67. The van der Waals surface area contributed by atoms with Gasteiger partial charge in [0.1, 0.15) is 11.6 Å². The van der Waals surface area contributed by atoms with Crippen molar-refractivity contribution in [3.05, 3.63) is 35.4 Å². The summed E-state index contributed by atoms with van der Waals surface area (Å²) in [5.74, 6) is -0.256. The van der Waals surface area contributed by atoms with E-state index in [1.54, 1.807) is 6.92 Å². The van der Waals surface area contributed by atoms with Crippen molar-refractivity contribution in [2.24, 2.45) is 4.99 Å². The van der Waals surface area contributed by atoms with Crippen LogP contribution in [0.1, 0.15) is 19.4 Å². The van der Waals surface area contributed by atoms with Gasteiger partial charge in [-0.05, 0) is 25.0 Å². The van der Waals surface area contributed by atoms with Crippen LogP contribution in [-0.4, -0.2) is 60.9 Å². The fourth-order valence-corrected chi connectivity index (χ4v) is 2.67. The standard InChI is InChI=1S/C17H24F2N4O/c1-3-20-17(23-10-8-22(9-11-23)13(2)24)21-7-6-14-4-5-15(18)12-16(14)19/h4-5,12H,3,6-11H2,1-2H3,(H,20,21). The smallest absolute Gasteiger partial charge is 0.219 e. The Morgan fingerprint density at radius 3 is 2.46 bits per heavy atom. The maximum Gasteiger partial charge on any atom is 0.219 e. The lowest BCUT2D eigenvalue weighted by Crippen LogP contribution is -2.53. The molecule has 1 N–H and O–H groups in total. The Kier molecular flexibility index (Phi) is 6.52. The van der Waals surface area contributed by atoms with Gasteiger partial charge < -0.3 is 15.1 Å². The Balaban J connectivity index is 1.94. The molecule has 1 aliphatic rings. The van der Waals surface area contributed by atoms with E-state index < -0.39 is 11.6 Å². The number of guanidine groups is 1. The zero-order valence-electron chi connectivity index (χ0n) is 14.2. The summed E-state index contributed by atoms with van der Waals surface area (Å²) in [7, 11) is 0. The molecule has 1 aliphatic heterocycles. The third kappa shape index (κ3) is 4.91. The van der Waals surface area contributed by atoms with Crippen LogP contribution in [0.3, 0.4) is 0 Å². The number of benzene rings is 1. The molecule has 0 saturated carbocycles. The van der Waals surface area contributed by atoms with Gasteiger partial charge in [-0.3, -0.25) is 9.79 Å². The number of hydrogen-bond acceptors (Lipinski definition) is 2. The van der Waals surface area contributed by atoms with Gasteiger partial charge in [-0.15, -0.1) is 0 Å². The minimum Gasteiger partial charge on any atom is -0.357 e. The molecular formula is C17H24F2N4O. The lowest BCUT2D eigenvalue weighted by atomic mass is 10.1. The van der Waals surface area contributed by atoms with E-state index >= 15 is 0 Å². The molecule has 2 rings (SSSR count). The minimum atomic E-state index is -0.573. The van der Waals surface area contributed by atoms with E-state index in [0.717, 1.165) is 31.7 Å². The van der Waals surface area contributed by atoms with Gasteiger partial charge in [-0.1, -0.05) is 6.07 Å². The van der Waals surface area contributed by atoms with Gasteiger partial charge in [0, 0.05) is 52.3 Å². The molecule has 0 bridgehead atoms. The zero-order valence-corrected chi connectivity index (χ0v) is 14.2. The molecule has 0 aliphatic carbocycles. The molecule has 1 amide bonds. The lowest BCUT2D eigenvalue weighted by Gasteiger charge is -2.36. The monoisotopic (exact) mass is 338 g/mol. The van der Waals surface area contributed by atoms with Gasteiger partial charge in [0.2, 0.25) is 5.91 Å². The van der Waals surface area contributed by atoms with E-state index in [-0.39, 0.29) is 5.91 Å². The average molecular weight is 338 g/mol. The molecule has 0 aromatic heterocycles. The summed E-state index contributed by atoms with van der Waals surface area (Å²) in [6.45, 7) is 7.49. The predicted octanol–water partition coefficient (Wildman–Crippen LogP) is 1.64. The molecule has 1 saturated heterocycles. The molecule has 132 valence electrons. The largest absolute Gasteiger partial charge is 0.357 e. The first-order chi connectivity index (χ1) is 11.5. The molecule has 0 spiro atoms. The van der Waals surface area contributed by atoms with Crippen LogP contribution < -0.4 is 5.32 Å². The number of halogens is 2. The summed E-state index contributed by atoms with van der Waals surface area (Å²) >= 11 is 0. The van der Waals surface area contributed by atoms with E-state index in [1.165, 1.54) is 12.1 Å². The molecule has 1 fully saturated rings. The Morgan fingerprint density at radius 1 is 1.21 bits per heavy atom. The van der Waals surface area contributed by atoms with Gasteiger partial charge in [0.15, 0.2) is 5.96 Å². The Labute approximate surface area is 141 Å². The quantitative estimate of drug-likeness (QED) is 0.671. The molecule has 0 atom stereocenters. The van der Waals surface area contributed by atoms with Crippen molar-refractivity contribution >= 4 is 11.9 Å². The number of nitrogens with one attached hydrogen (secondary N) is 1. The van der Waals surface area contributed by atoms with Gasteiger partial charge in [0.05, 0.1) is 0 Å². The maximum atomic E-state index is 13.6. The zero-order chi connectivity index (χ0) is 17.5. The van der Waals surface area contributed by atoms with Crippen LogP contribution in [0.15, 0.2) is 23.2 Å². The Hall–Kier alpha value is -2.18. The average Bonchev–Trinajstić information content (AvgIpc) is 2.56. The van der Waals surface area contributed by atoms with Crippen molar-refractivity contribution in [1.82, 2.24) is 15.1 Å². The first kappa shape index (κ1) is 18.2. The highest BCUT2D eigenvalue weighted by atomic mass is 19.1. The van der Waals surface area contributed by atoms with E-state index in [4.69, 9.17) is 0 Å². The number of rotatable bonds is 4. The summed E-state index contributed by atoms with van der Waals surface area (Å²) in [5.41, 5.74) is 0.456. The molecule has 5 nitrogen and oxygen atoms in total. The second-order valence-corrected chi connectivity index (χ2v) is 5.71. The highest BCUT2D eigenvalue weighted by Crippen LogP contribution is 2.10. The van der Waals surface area contributed by atoms with Crippen molar-refractivity contribution in [2.75, 3.05) is 39.3 Å². The maximum absolute atomic E-state index is 13.6. The molecule has 1 aromatic carbocycles. The molecule has 1 aromatic rings. The third-order valence-corrected chi connectivity index (χ3v) is 4.02. The Bertz CT molecular complexity index is 598. The number of amides is 1. The molecule has 24 heavy (non-hydrogen) atoms. The van der Waals surface area contributed by atoms with Crippen molar-refractivity contribution in [3.8, 4) is 0 Å². The number of carbonyl (C=O) groups excluding carboxylic acids is 1. The van der Waals surface area contributed by atoms with E-state index in [2.05, 4.69) is 15.2 Å². The summed E-state index contributed by atoms with van der Waals surface area (Å²) in [6.07, 6.45) is 0.411. The first-order valence-corrected chi connectivity index (χ1v) is 8.24. The highest BCUT2D eigenvalue weighted by Gasteiger charge is 2.20. The summed E-state index contributed by atoms with van der Waals surface area (Å²) < 4.78 is 26.6. The van der Waals surface area contributed by atoms with Crippen LogP contribution in [0.4, 0.5) is 8.78 Å². The number of piperazine rings is 1. The Morgan fingerprint density at radius 2 is 1.88 bits per heavy atom. The number of hydrogen-bond donors (Lipinski definition) is 1. The minimum absolute atomic E-state index is 0.0865. The van der Waals surface area contributed by atoms with E-state index in [0.29, 0.717) is 31.6 Å². The van der Waals surface area contributed by atoms with Crippen LogP contribution in [-0.2, 0) is 11.2 Å². The van der Waals surface area contributed by atoms with Crippen molar-refractivity contribution < 1.29 is 13.6 Å². The van der Waals surface area contributed by atoms with Crippen LogP contribution in [0.25, 0.3) is 0 Å². The van der Waals surface area contributed by atoms with Crippen LogP contribution >= 0.6 is 0 Å². The topological polar surface area (TPSA) is 47.9 Å². The SMILES string of the molecule is CCNC(=NCCc1ccc(F)cc1F)N1CCN(C(C)=O)CC1. The fraction of sp³-hybridized carbons (Fsp3) is 0.529. The van der Waals surface area contributed by atoms with Gasteiger partial charge in [-0.25, -0.2) is 8.78 Å². The highest BCUT2D eigenvalue weighted by molar-refractivity contribution is 5.80. The van der Waals surface area contributed by atoms with Gasteiger partial charge in [0.25, 0.3) is 0 Å². The van der Waals surface area contributed by atoms with E-state index in [1.807, 2.05) is 11.8 Å². The van der Waals surface area contributed by atoms with Crippen molar-refractivity contribution in [1.29, 1.82) is 0 Å². The number of carbonyl (C=O) groups is 1. The molecular weight excluding hydrogens is 314 g/mol. The van der Waals surface area contributed by atoms with Gasteiger partial charge in [-0.2, -0.15) is 0 Å². The van der Waals surface area contributed by atoms with Crippen LogP contribution in [0.5, 0.6) is 0 Å². The molecule has 1 heterocycles. The normalized spacial score (nSPS) is 15.6. The van der Waals surface area contributed by atoms with E-state index in [9.17, 15) is 13.6 Å². The lowest BCUT2D eigenvalue weighted by molar-refractivity contribution is -0.130. The second-order valence-electron chi connectivity index (χ2n) is 5.71. The summed E-state index contributed by atoms with van der Waals surface area (Å²) in [6, 6.07) is 3.61. The number of nitrogens with zero attached hydrogens (tertiary/aromatic N) is 3. The molecule has 7 heteroatoms. The third-order valence-electron chi connectivity index (χ3n) is 4.02. The number of aliphatic imine (C=N–C) groups is 1. The summed E-state index contributed by atoms with van der Waals surface area (Å²) in [5, 5.41) is 3.23. The first-order valence-electron chi connectivity index (χ1n) is 8.24. The van der Waals surface area contributed by atoms with Gasteiger partial charge >= 0.3 is 0 Å². The van der Waals surface area contributed by atoms with Crippen molar-refractivity contribution in [3.63, 3.8) is 0 Å². The van der Waals surface area contributed by atoms with Crippen molar-refractivity contribution in [2.45, 2.75) is 20.3 Å².